The molecule has 0 aromatic heterocycles. The van der Waals surface area contributed by atoms with Gasteiger partial charge in [0.25, 0.3) is 0 Å². The fourth-order valence-electron chi connectivity index (χ4n) is 1.80. The van der Waals surface area contributed by atoms with Crippen LogP contribution in [0.3, 0.4) is 0 Å². The minimum Gasteiger partial charge on any atom is -0.497 e. The number of carbonyl (C=O) groups is 1. The molecular formula is C14H22N2O2. The van der Waals surface area contributed by atoms with Crippen LogP contribution in [0.1, 0.15) is 25.3 Å². The predicted molar refractivity (Wildman–Crippen MR) is 72.6 cm³/mol. The third-order valence-corrected chi connectivity index (χ3v) is 2.81. The van der Waals surface area contributed by atoms with Crippen molar-refractivity contribution in [3.05, 3.63) is 29.8 Å². The molecular weight excluding hydrogens is 228 g/mol. The molecule has 100 valence electrons. The van der Waals surface area contributed by atoms with Crippen molar-refractivity contribution in [1.29, 1.82) is 0 Å². The first-order valence-electron chi connectivity index (χ1n) is 6.32. The van der Waals surface area contributed by atoms with Gasteiger partial charge in [-0.1, -0.05) is 25.5 Å². The van der Waals surface area contributed by atoms with E-state index in [2.05, 4.69) is 12.2 Å². The molecule has 0 aliphatic carbocycles. The standard InChI is InChI=1S/C14H22N2O2/c1-3-4-12(10-15)16-14(17)9-11-5-7-13(18-2)8-6-11/h5-8,12H,3-4,9-10,15H2,1-2H3,(H,16,17). The highest BCUT2D eigenvalue weighted by atomic mass is 16.5. The van der Waals surface area contributed by atoms with Crippen molar-refractivity contribution >= 4 is 5.91 Å². The molecule has 1 rings (SSSR count). The molecule has 4 nitrogen and oxygen atoms in total. The summed E-state index contributed by atoms with van der Waals surface area (Å²) in [5.41, 5.74) is 6.58. The zero-order valence-electron chi connectivity index (χ0n) is 11.1. The Kier molecular flexibility index (Phi) is 6.22. The maximum absolute atomic E-state index is 11.8. The number of benzene rings is 1. The molecule has 0 aliphatic rings. The monoisotopic (exact) mass is 250 g/mol. The number of rotatable bonds is 7. The van der Waals surface area contributed by atoms with Crippen LogP contribution in [0, 0.1) is 0 Å². The Bertz CT molecular complexity index is 363. The summed E-state index contributed by atoms with van der Waals surface area (Å²) in [7, 11) is 1.62. The first-order chi connectivity index (χ1) is 8.69. The average molecular weight is 250 g/mol. The van der Waals surface area contributed by atoms with Gasteiger partial charge in [0.1, 0.15) is 5.75 Å². The van der Waals surface area contributed by atoms with E-state index < -0.39 is 0 Å². The lowest BCUT2D eigenvalue weighted by molar-refractivity contribution is -0.121. The number of methoxy groups -OCH3 is 1. The molecule has 0 bridgehead atoms. The van der Waals surface area contributed by atoms with Gasteiger partial charge >= 0.3 is 0 Å². The number of hydrogen-bond acceptors (Lipinski definition) is 3. The van der Waals surface area contributed by atoms with Crippen molar-refractivity contribution in [2.75, 3.05) is 13.7 Å². The van der Waals surface area contributed by atoms with Crippen molar-refractivity contribution in [1.82, 2.24) is 5.32 Å². The lowest BCUT2D eigenvalue weighted by Crippen LogP contribution is -2.40. The second kappa shape index (κ2) is 7.71. The van der Waals surface area contributed by atoms with E-state index in [1.165, 1.54) is 0 Å². The zero-order chi connectivity index (χ0) is 13.4. The second-order valence-electron chi connectivity index (χ2n) is 4.31. The highest BCUT2D eigenvalue weighted by Crippen LogP contribution is 2.11. The number of nitrogens with two attached hydrogens (primary N) is 1. The van der Waals surface area contributed by atoms with Gasteiger partial charge in [0, 0.05) is 12.6 Å². The Hall–Kier alpha value is -1.55. The molecule has 0 aliphatic heterocycles. The third kappa shape index (κ3) is 4.75. The highest BCUT2D eigenvalue weighted by Gasteiger charge is 2.10. The maximum Gasteiger partial charge on any atom is 0.224 e. The lowest BCUT2D eigenvalue weighted by atomic mass is 10.1. The van der Waals surface area contributed by atoms with E-state index in [4.69, 9.17) is 10.5 Å². The number of carbonyl (C=O) groups excluding carboxylic acids is 1. The van der Waals surface area contributed by atoms with Gasteiger partial charge in [0.15, 0.2) is 0 Å². The van der Waals surface area contributed by atoms with E-state index in [1.54, 1.807) is 7.11 Å². The van der Waals surface area contributed by atoms with Gasteiger partial charge in [0.2, 0.25) is 5.91 Å². The van der Waals surface area contributed by atoms with Crippen LogP contribution >= 0.6 is 0 Å². The summed E-state index contributed by atoms with van der Waals surface area (Å²) in [5.74, 6) is 0.814. The molecule has 1 aromatic carbocycles. The molecule has 18 heavy (non-hydrogen) atoms. The third-order valence-electron chi connectivity index (χ3n) is 2.81. The fourth-order valence-corrected chi connectivity index (χ4v) is 1.80. The van der Waals surface area contributed by atoms with Crippen LogP contribution in [0.2, 0.25) is 0 Å². The topological polar surface area (TPSA) is 64.3 Å². The molecule has 4 heteroatoms. The average Bonchev–Trinajstić information content (AvgIpc) is 2.39. The number of amides is 1. The minimum absolute atomic E-state index is 0.0177. The Morgan fingerprint density at radius 2 is 2.06 bits per heavy atom. The highest BCUT2D eigenvalue weighted by molar-refractivity contribution is 5.78. The summed E-state index contributed by atoms with van der Waals surface area (Å²) >= 11 is 0. The van der Waals surface area contributed by atoms with E-state index in [9.17, 15) is 4.79 Å². The van der Waals surface area contributed by atoms with Gasteiger partial charge in [-0.15, -0.1) is 0 Å². The van der Waals surface area contributed by atoms with Gasteiger partial charge in [-0.3, -0.25) is 4.79 Å². The number of ether oxygens (including phenoxy) is 1. The number of nitrogens with one attached hydrogen (secondary N) is 1. The van der Waals surface area contributed by atoms with Gasteiger partial charge in [-0.05, 0) is 24.1 Å². The molecule has 1 aromatic rings. The zero-order valence-corrected chi connectivity index (χ0v) is 11.1. The molecule has 3 N–H and O–H groups in total. The normalized spacial score (nSPS) is 11.9. The maximum atomic E-state index is 11.8. The predicted octanol–water partition coefficient (Wildman–Crippen LogP) is 1.48. The van der Waals surface area contributed by atoms with Crippen LogP contribution in [-0.4, -0.2) is 25.6 Å². The summed E-state index contributed by atoms with van der Waals surface area (Å²) in [6, 6.07) is 7.59. The molecule has 0 saturated heterocycles. The Labute approximate surface area is 109 Å². The largest absolute Gasteiger partial charge is 0.497 e. The van der Waals surface area contributed by atoms with Crippen LogP contribution in [-0.2, 0) is 11.2 Å². The first-order valence-corrected chi connectivity index (χ1v) is 6.32. The summed E-state index contributed by atoms with van der Waals surface area (Å²) < 4.78 is 5.07. The molecule has 0 spiro atoms. The smallest absolute Gasteiger partial charge is 0.224 e. The molecule has 0 fully saturated rings. The molecule has 1 unspecified atom stereocenters. The van der Waals surface area contributed by atoms with Gasteiger partial charge in [-0.2, -0.15) is 0 Å². The quantitative estimate of drug-likeness (QED) is 0.770. The first kappa shape index (κ1) is 14.5. The molecule has 1 amide bonds. The van der Waals surface area contributed by atoms with Crippen LogP contribution in [0.15, 0.2) is 24.3 Å². The van der Waals surface area contributed by atoms with Crippen LogP contribution < -0.4 is 15.8 Å². The van der Waals surface area contributed by atoms with E-state index in [-0.39, 0.29) is 11.9 Å². The van der Waals surface area contributed by atoms with Gasteiger partial charge in [0.05, 0.1) is 13.5 Å². The van der Waals surface area contributed by atoms with Gasteiger partial charge in [-0.25, -0.2) is 0 Å². The summed E-state index contributed by atoms with van der Waals surface area (Å²) in [5, 5.41) is 2.95. The molecule has 0 heterocycles. The Morgan fingerprint density at radius 3 is 2.56 bits per heavy atom. The summed E-state index contributed by atoms with van der Waals surface area (Å²) in [4.78, 5) is 11.8. The SMILES string of the molecule is CCCC(CN)NC(=O)Cc1ccc(OC)cc1. The van der Waals surface area contributed by atoms with Crippen molar-refractivity contribution in [3.63, 3.8) is 0 Å². The Balaban J connectivity index is 2.47. The van der Waals surface area contributed by atoms with Crippen LogP contribution in [0.4, 0.5) is 0 Å². The lowest BCUT2D eigenvalue weighted by Gasteiger charge is -2.15. The summed E-state index contributed by atoms with van der Waals surface area (Å²) in [6.45, 7) is 2.57. The van der Waals surface area contributed by atoms with E-state index >= 15 is 0 Å². The van der Waals surface area contributed by atoms with E-state index in [0.29, 0.717) is 13.0 Å². The van der Waals surface area contributed by atoms with E-state index in [1.807, 2.05) is 24.3 Å². The van der Waals surface area contributed by atoms with Crippen LogP contribution in [0.25, 0.3) is 0 Å². The second-order valence-corrected chi connectivity index (χ2v) is 4.31. The molecule has 1 atom stereocenters. The fraction of sp³-hybridized carbons (Fsp3) is 0.500. The van der Waals surface area contributed by atoms with Crippen LogP contribution in [0.5, 0.6) is 5.75 Å². The van der Waals surface area contributed by atoms with Crippen molar-refractivity contribution in [2.24, 2.45) is 5.73 Å². The van der Waals surface area contributed by atoms with Crippen molar-refractivity contribution in [2.45, 2.75) is 32.2 Å². The molecule has 0 radical (unpaired) electrons. The minimum atomic E-state index is 0.0177. The number of hydrogen-bond donors (Lipinski definition) is 2. The van der Waals surface area contributed by atoms with Gasteiger partial charge < -0.3 is 15.8 Å². The molecule has 0 saturated carbocycles. The van der Waals surface area contributed by atoms with Crippen molar-refractivity contribution in [3.8, 4) is 5.75 Å². The van der Waals surface area contributed by atoms with Crippen molar-refractivity contribution < 1.29 is 9.53 Å². The Morgan fingerprint density at radius 1 is 1.39 bits per heavy atom. The van der Waals surface area contributed by atoms with E-state index in [0.717, 1.165) is 24.2 Å². The summed E-state index contributed by atoms with van der Waals surface area (Å²) in [6.07, 6.45) is 2.32.